The molecule has 30 heavy (non-hydrogen) atoms. The van der Waals surface area contributed by atoms with Crippen molar-refractivity contribution in [2.75, 3.05) is 30.0 Å². The zero-order valence-corrected chi connectivity index (χ0v) is 18.9. The Labute approximate surface area is 189 Å². The van der Waals surface area contributed by atoms with Crippen molar-refractivity contribution < 1.29 is 19.8 Å². The van der Waals surface area contributed by atoms with Crippen molar-refractivity contribution >= 4 is 16.0 Å². The van der Waals surface area contributed by atoms with Crippen molar-refractivity contribution in [3.63, 3.8) is 0 Å². The van der Waals surface area contributed by atoms with Crippen LogP contribution in [0, 0.1) is 13.0 Å². The Hall–Kier alpha value is -2.06. The van der Waals surface area contributed by atoms with Crippen molar-refractivity contribution in [2.45, 2.75) is 44.9 Å². The Morgan fingerprint density at radius 3 is 2.53 bits per heavy atom. The second-order valence-corrected chi connectivity index (χ2v) is 8.13. The number of unbranched alkanes of at least 4 members (excludes halogenated alkanes) is 2. The van der Waals surface area contributed by atoms with Crippen molar-refractivity contribution in [1.29, 1.82) is 0 Å². The van der Waals surface area contributed by atoms with E-state index in [9.17, 15) is 0 Å². The monoisotopic (exact) mass is 446 g/mol. The van der Waals surface area contributed by atoms with Crippen molar-refractivity contribution in [3.8, 4) is 5.75 Å². The second kappa shape index (κ2) is 12.0. The normalized spacial score (nSPS) is 14.2. The maximum atomic E-state index is 5.58. The predicted octanol–water partition coefficient (Wildman–Crippen LogP) is 5.93. The molecule has 0 aliphatic carbocycles. The summed E-state index contributed by atoms with van der Waals surface area (Å²) in [6, 6.07) is 16.7. The molecule has 164 valence electrons. The van der Waals surface area contributed by atoms with Crippen LogP contribution in [0.2, 0.25) is 0 Å². The molecule has 0 atom stereocenters. The van der Waals surface area contributed by atoms with E-state index in [1.807, 2.05) is 35.4 Å². The molecule has 4 heteroatoms. The van der Waals surface area contributed by atoms with Crippen LogP contribution >= 0.6 is 0 Å². The summed E-state index contributed by atoms with van der Waals surface area (Å²) in [7, 11) is 1.69. The second-order valence-electron chi connectivity index (χ2n) is 7.56. The number of hydrogen-bond acceptors (Lipinski definition) is 3. The summed E-state index contributed by atoms with van der Waals surface area (Å²) in [5.41, 5.74) is 3.29. The van der Waals surface area contributed by atoms with Gasteiger partial charge in [-0.25, -0.2) is 0 Å². The van der Waals surface area contributed by atoms with Gasteiger partial charge in [-0.1, -0.05) is 0 Å². The van der Waals surface area contributed by atoms with Gasteiger partial charge < -0.3 is 0 Å². The Bertz CT molecular complexity index is 825. The van der Waals surface area contributed by atoms with Crippen LogP contribution in [-0.2, 0) is 15.0 Å². The maximum absolute atomic E-state index is 5.58. The third kappa shape index (κ3) is 6.22. The van der Waals surface area contributed by atoms with Crippen molar-refractivity contribution in [3.05, 3.63) is 73.3 Å². The van der Waals surface area contributed by atoms with Crippen LogP contribution in [0.25, 0.3) is 0 Å². The third-order valence-corrected chi connectivity index (χ3v) is 5.89. The van der Waals surface area contributed by atoms with E-state index in [-0.39, 0.29) is 0 Å². The molecule has 3 rings (SSSR count). The fourth-order valence-electron chi connectivity index (χ4n) is 3.70. The minimum absolute atomic E-state index is 0.808. The molecule has 0 unspecified atom stereocenters. The molecule has 0 saturated carbocycles. The van der Waals surface area contributed by atoms with Crippen LogP contribution in [0.3, 0.4) is 0 Å². The molecule has 1 saturated heterocycles. The van der Waals surface area contributed by atoms with Gasteiger partial charge in [0, 0.05) is 0 Å². The molecule has 0 radical (unpaired) electrons. The SMILES string of the molecule is [CH2-]CCCC[C](=[Ni])N(C=[C-]c1ccc(N2CCCCC2)cc1)c1ccccc1OC. The molecule has 3 nitrogen and oxygen atoms in total. The number of benzene rings is 2. The van der Waals surface area contributed by atoms with Crippen LogP contribution < -0.4 is 14.5 Å². The zero-order valence-electron chi connectivity index (χ0n) is 17.9. The van der Waals surface area contributed by atoms with Gasteiger partial charge in [-0.2, -0.15) is 0 Å². The molecule has 2 aromatic carbocycles. The minimum atomic E-state index is 0.808. The number of para-hydroxylation sites is 2. The van der Waals surface area contributed by atoms with Crippen LogP contribution in [-0.4, -0.2) is 24.8 Å². The first kappa shape index (κ1) is 22.6. The summed E-state index contributed by atoms with van der Waals surface area (Å²) < 4.78 is 6.48. The van der Waals surface area contributed by atoms with Gasteiger partial charge in [0.05, 0.1) is 0 Å². The van der Waals surface area contributed by atoms with E-state index in [2.05, 4.69) is 42.2 Å². The van der Waals surface area contributed by atoms with Gasteiger partial charge in [0.1, 0.15) is 0 Å². The molecule has 0 bridgehead atoms. The summed E-state index contributed by atoms with van der Waals surface area (Å²) in [5, 5.41) is 0. The van der Waals surface area contributed by atoms with Gasteiger partial charge in [-0.05, 0) is 0 Å². The topological polar surface area (TPSA) is 15.7 Å². The predicted molar refractivity (Wildman–Crippen MR) is 124 cm³/mol. The first-order chi connectivity index (χ1) is 14.7. The van der Waals surface area contributed by atoms with Gasteiger partial charge in [0.2, 0.25) is 0 Å². The first-order valence-electron chi connectivity index (χ1n) is 10.9. The molecule has 0 amide bonds. The summed E-state index contributed by atoms with van der Waals surface area (Å²) in [4.78, 5) is 4.51. The fourth-order valence-corrected chi connectivity index (χ4v) is 4.06. The molecule has 1 aliphatic rings. The number of rotatable bonds is 10. The van der Waals surface area contributed by atoms with E-state index in [4.69, 9.17) is 19.8 Å². The Balaban J connectivity index is 1.77. The molecule has 0 aromatic heterocycles. The molecule has 1 heterocycles. The first-order valence-corrected chi connectivity index (χ1v) is 11.4. The summed E-state index contributed by atoms with van der Waals surface area (Å²) in [5.74, 6) is 0.808. The number of methoxy groups -OCH3 is 1. The average Bonchev–Trinajstić information content (AvgIpc) is 2.80. The Kier molecular flexibility index (Phi) is 9.02. The number of nitrogens with zero attached hydrogens (tertiary/aromatic N) is 2. The van der Waals surface area contributed by atoms with Crippen molar-refractivity contribution in [2.24, 2.45) is 0 Å². The molecule has 1 aliphatic heterocycles. The molecule has 2 aromatic rings. The van der Waals surface area contributed by atoms with Gasteiger partial charge in [0.15, 0.2) is 0 Å². The van der Waals surface area contributed by atoms with Crippen LogP contribution in [0.1, 0.15) is 50.5 Å². The molecule has 0 N–H and O–H groups in total. The summed E-state index contributed by atoms with van der Waals surface area (Å²) in [6.45, 7) is 6.24. The number of anilines is 2. The summed E-state index contributed by atoms with van der Waals surface area (Å²) in [6.07, 6.45) is 13.2. The fraction of sp³-hybridized carbons (Fsp3) is 0.385. The van der Waals surface area contributed by atoms with Gasteiger partial charge in [0.25, 0.3) is 0 Å². The van der Waals surface area contributed by atoms with E-state index in [1.165, 1.54) is 24.9 Å². The van der Waals surface area contributed by atoms with Gasteiger partial charge in [-0.15, -0.1) is 0 Å². The Morgan fingerprint density at radius 2 is 1.83 bits per heavy atom. The average molecular weight is 447 g/mol. The third-order valence-electron chi connectivity index (χ3n) is 5.41. The van der Waals surface area contributed by atoms with Crippen LogP contribution in [0.4, 0.5) is 11.4 Å². The molecule has 0 spiro atoms. The molecule has 1 fully saturated rings. The van der Waals surface area contributed by atoms with Gasteiger partial charge >= 0.3 is 190 Å². The van der Waals surface area contributed by atoms with Gasteiger partial charge in [-0.3, -0.25) is 0 Å². The van der Waals surface area contributed by atoms with E-state index in [0.717, 1.165) is 60.4 Å². The molecular formula is C26H32N2NiO-2. The zero-order chi connectivity index (χ0) is 21.2. The van der Waals surface area contributed by atoms with E-state index in [1.54, 1.807) is 7.11 Å². The van der Waals surface area contributed by atoms with E-state index in [0.29, 0.717) is 0 Å². The Morgan fingerprint density at radius 1 is 1.10 bits per heavy atom. The number of hydrogen-bond donors (Lipinski definition) is 0. The number of piperidine rings is 1. The summed E-state index contributed by atoms with van der Waals surface area (Å²) >= 11 is 5.41. The van der Waals surface area contributed by atoms with Crippen molar-refractivity contribution in [1.82, 2.24) is 0 Å². The quantitative estimate of drug-likeness (QED) is 0.255. The van der Waals surface area contributed by atoms with E-state index >= 15 is 0 Å². The van der Waals surface area contributed by atoms with E-state index < -0.39 is 0 Å². The number of ether oxygens (including phenoxy) is 1. The molecular weight excluding hydrogens is 415 g/mol. The van der Waals surface area contributed by atoms with Crippen LogP contribution in [0.15, 0.2) is 54.7 Å². The van der Waals surface area contributed by atoms with Crippen LogP contribution in [0.5, 0.6) is 5.75 Å². The standard InChI is InChI=1S/C26H32N2O.Ni/c1-3-4-5-9-21-28(25-12-7-8-13-26(25)29-2)22-18-23-14-16-24(17-15-23)27-19-10-6-11-20-27;/h7-8,12-17,22H,1,3-6,9-11,19-20H2,2H3;/q-2;.